The Morgan fingerprint density at radius 3 is 2.69 bits per heavy atom. The van der Waals surface area contributed by atoms with E-state index in [1.54, 1.807) is 19.5 Å². The van der Waals surface area contributed by atoms with Crippen molar-refractivity contribution in [1.82, 2.24) is 15.3 Å². The summed E-state index contributed by atoms with van der Waals surface area (Å²) in [5.74, 6) is 0. The number of hydrogen-bond donors (Lipinski definition) is 2. The Balaban J connectivity index is 2.83. The fourth-order valence-corrected chi connectivity index (χ4v) is 1.59. The van der Waals surface area contributed by atoms with Gasteiger partial charge >= 0.3 is 0 Å². The summed E-state index contributed by atoms with van der Waals surface area (Å²) in [6, 6.07) is 0. The van der Waals surface area contributed by atoms with Gasteiger partial charge in [0.25, 0.3) is 0 Å². The first-order valence-electron chi connectivity index (χ1n) is 5.27. The van der Waals surface area contributed by atoms with E-state index in [9.17, 15) is 5.11 Å². The highest BCUT2D eigenvalue weighted by molar-refractivity contribution is 5.19. The molecule has 90 valence electrons. The van der Waals surface area contributed by atoms with Crippen LogP contribution in [0.2, 0.25) is 0 Å². The van der Waals surface area contributed by atoms with Gasteiger partial charge in [-0.1, -0.05) is 0 Å². The fraction of sp³-hybridized carbons (Fsp3) is 0.636. The number of ether oxygens (including phenoxy) is 1. The summed E-state index contributed by atoms with van der Waals surface area (Å²) >= 11 is 0. The topological polar surface area (TPSA) is 67.3 Å². The lowest BCUT2D eigenvalue weighted by atomic mass is 9.97. The molecule has 0 aromatic carbocycles. The van der Waals surface area contributed by atoms with Crippen molar-refractivity contribution >= 4 is 0 Å². The van der Waals surface area contributed by atoms with Gasteiger partial charge in [-0.05, 0) is 13.8 Å². The quantitative estimate of drug-likeness (QED) is 0.678. The van der Waals surface area contributed by atoms with Gasteiger partial charge < -0.3 is 15.2 Å². The lowest BCUT2D eigenvalue weighted by Gasteiger charge is -2.29. The monoisotopic (exact) mass is 225 g/mol. The molecular formula is C11H19N3O2. The predicted molar refractivity (Wildman–Crippen MR) is 61.1 cm³/mol. The lowest BCUT2D eigenvalue weighted by Crippen LogP contribution is -2.45. The van der Waals surface area contributed by atoms with E-state index in [1.165, 1.54) is 0 Å². The molecule has 1 aromatic rings. The second kappa shape index (κ2) is 5.89. The van der Waals surface area contributed by atoms with E-state index in [4.69, 9.17) is 4.74 Å². The van der Waals surface area contributed by atoms with E-state index >= 15 is 0 Å². The minimum absolute atomic E-state index is 0.0315. The van der Waals surface area contributed by atoms with Crippen LogP contribution in [0.15, 0.2) is 12.4 Å². The van der Waals surface area contributed by atoms with E-state index < -0.39 is 5.54 Å². The second-order valence-corrected chi connectivity index (χ2v) is 3.90. The number of aliphatic hydroxyl groups excluding tert-OH is 1. The molecular weight excluding hydrogens is 206 g/mol. The molecule has 0 aliphatic rings. The van der Waals surface area contributed by atoms with Gasteiger partial charge in [0.1, 0.15) is 0 Å². The van der Waals surface area contributed by atoms with Gasteiger partial charge in [0.05, 0.1) is 30.1 Å². The largest absolute Gasteiger partial charge is 0.394 e. The molecule has 0 amide bonds. The molecule has 0 spiro atoms. The Hall–Kier alpha value is -1.04. The first-order chi connectivity index (χ1) is 7.64. The third kappa shape index (κ3) is 2.98. The molecule has 1 rings (SSSR count). The first-order valence-corrected chi connectivity index (χ1v) is 5.27. The van der Waals surface area contributed by atoms with Crippen LogP contribution in [0.25, 0.3) is 0 Å². The van der Waals surface area contributed by atoms with Crippen LogP contribution in [0.3, 0.4) is 0 Å². The second-order valence-electron chi connectivity index (χ2n) is 3.90. The highest BCUT2D eigenvalue weighted by Gasteiger charge is 2.28. The summed E-state index contributed by atoms with van der Waals surface area (Å²) in [5, 5.41) is 12.7. The van der Waals surface area contributed by atoms with Gasteiger partial charge in [0, 0.05) is 26.0 Å². The van der Waals surface area contributed by atoms with Crippen LogP contribution in [0.4, 0.5) is 0 Å². The number of rotatable bonds is 6. The van der Waals surface area contributed by atoms with Gasteiger partial charge in [-0.25, -0.2) is 0 Å². The summed E-state index contributed by atoms with van der Waals surface area (Å²) < 4.78 is 4.97. The first kappa shape index (κ1) is 13.0. The number of aryl methyl sites for hydroxylation is 1. The molecule has 0 saturated heterocycles. The molecule has 0 aliphatic carbocycles. The van der Waals surface area contributed by atoms with Crippen LogP contribution in [0.1, 0.15) is 18.3 Å². The fourth-order valence-electron chi connectivity index (χ4n) is 1.59. The molecule has 0 bridgehead atoms. The maximum Gasteiger partial charge on any atom is 0.0837 e. The summed E-state index contributed by atoms with van der Waals surface area (Å²) in [6.07, 6.45) is 3.28. The zero-order valence-electron chi connectivity index (χ0n) is 10.0. The summed E-state index contributed by atoms with van der Waals surface area (Å²) in [4.78, 5) is 8.45. The molecule has 5 nitrogen and oxygen atoms in total. The Kier molecular flexibility index (Phi) is 4.79. The van der Waals surface area contributed by atoms with E-state index in [1.807, 2.05) is 13.8 Å². The molecule has 0 saturated carbocycles. The Bertz CT molecular complexity index is 333. The van der Waals surface area contributed by atoms with Gasteiger partial charge in [0.15, 0.2) is 0 Å². The smallest absolute Gasteiger partial charge is 0.0837 e. The number of nitrogens with zero attached hydrogens (tertiary/aromatic N) is 2. The molecule has 2 N–H and O–H groups in total. The van der Waals surface area contributed by atoms with Crippen molar-refractivity contribution in [2.75, 3.05) is 26.9 Å². The number of nitrogens with one attached hydrogen (secondary N) is 1. The van der Waals surface area contributed by atoms with Gasteiger partial charge in [0.2, 0.25) is 0 Å². The normalized spacial score (nSPS) is 14.8. The van der Waals surface area contributed by atoms with Crippen molar-refractivity contribution in [2.24, 2.45) is 0 Å². The molecule has 0 aliphatic heterocycles. The minimum Gasteiger partial charge on any atom is -0.394 e. The predicted octanol–water partition coefficient (Wildman–Crippen LogP) is 0.229. The van der Waals surface area contributed by atoms with Crippen LogP contribution >= 0.6 is 0 Å². The summed E-state index contributed by atoms with van der Waals surface area (Å²) in [7, 11) is 1.64. The number of aromatic nitrogens is 2. The van der Waals surface area contributed by atoms with E-state index in [0.29, 0.717) is 13.2 Å². The maximum atomic E-state index is 9.49. The van der Waals surface area contributed by atoms with Crippen molar-refractivity contribution in [3.63, 3.8) is 0 Å². The molecule has 1 unspecified atom stereocenters. The van der Waals surface area contributed by atoms with E-state index in [-0.39, 0.29) is 6.61 Å². The van der Waals surface area contributed by atoms with Crippen molar-refractivity contribution < 1.29 is 9.84 Å². The third-order valence-electron chi connectivity index (χ3n) is 2.54. The lowest BCUT2D eigenvalue weighted by molar-refractivity contribution is 0.144. The Morgan fingerprint density at radius 1 is 1.44 bits per heavy atom. The highest BCUT2D eigenvalue weighted by atomic mass is 16.5. The maximum absolute atomic E-state index is 9.49. The average Bonchev–Trinajstić information content (AvgIpc) is 2.30. The summed E-state index contributed by atoms with van der Waals surface area (Å²) in [6.45, 7) is 5.00. The molecule has 16 heavy (non-hydrogen) atoms. The standard InChI is InChI=1S/C11H19N3O2/c1-9-10(13-5-4-12-9)11(2,8-15)14-6-7-16-3/h4-5,14-15H,6-8H2,1-3H3. The van der Waals surface area contributed by atoms with Crippen LogP contribution in [0.5, 0.6) is 0 Å². The van der Waals surface area contributed by atoms with Gasteiger partial charge in [-0.15, -0.1) is 0 Å². The van der Waals surface area contributed by atoms with E-state index in [0.717, 1.165) is 11.4 Å². The summed E-state index contributed by atoms with van der Waals surface area (Å²) in [5.41, 5.74) is 1.02. The number of aliphatic hydroxyl groups is 1. The molecule has 1 heterocycles. The zero-order chi connectivity index (χ0) is 12.0. The van der Waals surface area contributed by atoms with Crippen LogP contribution in [-0.2, 0) is 10.3 Å². The van der Waals surface area contributed by atoms with Crippen LogP contribution in [-0.4, -0.2) is 41.9 Å². The van der Waals surface area contributed by atoms with Crippen molar-refractivity contribution in [2.45, 2.75) is 19.4 Å². The van der Waals surface area contributed by atoms with Crippen molar-refractivity contribution in [1.29, 1.82) is 0 Å². The van der Waals surface area contributed by atoms with Gasteiger partial charge in [-0.3, -0.25) is 9.97 Å². The molecule has 1 atom stereocenters. The van der Waals surface area contributed by atoms with E-state index in [2.05, 4.69) is 15.3 Å². The Morgan fingerprint density at radius 2 is 2.12 bits per heavy atom. The zero-order valence-corrected chi connectivity index (χ0v) is 10.0. The number of hydrogen-bond acceptors (Lipinski definition) is 5. The van der Waals surface area contributed by atoms with Crippen LogP contribution in [0, 0.1) is 6.92 Å². The minimum atomic E-state index is -0.573. The molecule has 0 radical (unpaired) electrons. The molecule has 5 heteroatoms. The molecule has 1 aromatic heterocycles. The average molecular weight is 225 g/mol. The SMILES string of the molecule is COCCNC(C)(CO)c1nccnc1C. The van der Waals surface area contributed by atoms with Crippen molar-refractivity contribution in [3.8, 4) is 0 Å². The van der Waals surface area contributed by atoms with Crippen LogP contribution < -0.4 is 5.32 Å². The number of methoxy groups -OCH3 is 1. The van der Waals surface area contributed by atoms with Gasteiger partial charge in [-0.2, -0.15) is 0 Å². The third-order valence-corrected chi connectivity index (χ3v) is 2.54. The Labute approximate surface area is 95.9 Å². The highest BCUT2D eigenvalue weighted by Crippen LogP contribution is 2.19. The molecule has 0 fully saturated rings. The van der Waals surface area contributed by atoms with Crippen molar-refractivity contribution in [3.05, 3.63) is 23.8 Å².